The van der Waals surface area contributed by atoms with Crippen LogP contribution in [0.15, 0.2) is 18.2 Å². The van der Waals surface area contributed by atoms with Crippen molar-refractivity contribution in [1.82, 2.24) is 14.4 Å². The highest BCUT2D eigenvalue weighted by molar-refractivity contribution is 6.28. The van der Waals surface area contributed by atoms with Gasteiger partial charge in [0.15, 0.2) is 0 Å². The quantitative estimate of drug-likeness (QED) is 0.449. The Morgan fingerprint density at radius 1 is 1.27 bits per heavy atom. The van der Waals surface area contributed by atoms with Crippen LogP contribution >= 0.6 is 23.4 Å². The van der Waals surface area contributed by atoms with Gasteiger partial charge in [0.25, 0.3) is 0 Å². The Labute approximate surface area is 158 Å². The van der Waals surface area contributed by atoms with E-state index >= 15 is 0 Å². The van der Waals surface area contributed by atoms with Crippen LogP contribution in [-0.4, -0.2) is 20.9 Å². The minimum Gasteiger partial charge on any atom is -0.399 e. The van der Waals surface area contributed by atoms with Crippen LogP contribution in [0.1, 0.15) is 35.3 Å². The first-order chi connectivity index (χ1) is 12.1. The number of halogens is 5. The second-order valence-electron chi connectivity index (χ2n) is 6.11. The number of fused-ring (bicyclic) bond motifs is 1. The normalized spacial score (nSPS) is 16.2. The molecule has 1 atom stereocenters. The number of rotatable bonds is 3. The van der Waals surface area contributed by atoms with Gasteiger partial charge in [-0.1, -0.05) is 0 Å². The highest BCUT2D eigenvalue weighted by atomic mass is 35.5. The summed E-state index contributed by atoms with van der Waals surface area (Å²) in [6.07, 6.45) is -3.86. The predicted octanol–water partition coefficient (Wildman–Crippen LogP) is 4.42. The third-order valence-electron chi connectivity index (χ3n) is 4.14. The topological polar surface area (TPSA) is 67.1 Å². The van der Waals surface area contributed by atoms with Crippen LogP contribution in [0.25, 0.3) is 0 Å². The summed E-state index contributed by atoms with van der Waals surface area (Å²) in [7, 11) is 0. The molecule has 1 aromatic carbocycles. The van der Waals surface area contributed by atoms with Crippen LogP contribution in [-0.2, 0) is 19.1 Å². The maximum absolute atomic E-state index is 13.0. The monoisotopic (exact) mass is 405 g/mol. The van der Waals surface area contributed by atoms with E-state index in [2.05, 4.69) is 15.3 Å². The molecule has 10 heteroatoms. The van der Waals surface area contributed by atoms with Crippen molar-refractivity contribution in [3.8, 4) is 0 Å². The Hall–Kier alpha value is -1.77. The molecule has 2 aromatic rings. The van der Waals surface area contributed by atoms with E-state index in [1.807, 2.05) is 0 Å². The Balaban J connectivity index is 1.93. The molecule has 0 saturated carbocycles. The average Bonchev–Trinajstić information content (AvgIpc) is 2.54. The zero-order valence-corrected chi connectivity index (χ0v) is 15.3. The molecule has 5 nitrogen and oxygen atoms in total. The van der Waals surface area contributed by atoms with Crippen LogP contribution in [0.3, 0.4) is 0 Å². The number of nitrogens with zero attached hydrogens (tertiary/aromatic N) is 3. The van der Waals surface area contributed by atoms with Gasteiger partial charge >= 0.3 is 6.18 Å². The van der Waals surface area contributed by atoms with Gasteiger partial charge in [-0.15, -0.1) is 0 Å². The lowest BCUT2D eigenvalue weighted by Crippen LogP contribution is -2.25. The summed E-state index contributed by atoms with van der Waals surface area (Å²) in [5.74, 6) is 0.453. The van der Waals surface area contributed by atoms with Crippen molar-refractivity contribution in [3.63, 3.8) is 0 Å². The first-order valence-corrected chi connectivity index (χ1v) is 8.55. The van der Waals surface area contributed by atoms with Crippen LogP contribution in [0.5, 0.6) is 0 Å². The van der Waals surface area contributed by atoms with Gasteiger partial charge in [0.1, 0.15) is 5.82 Å². The van der Waals surface area contributed by atoms with Crippen LogP contribution in [0.4, 0.5) is 24.7 Å². The van der Waals surface area contributed by atoms with Gasteiger partial charge in [-0.05, 0) is 54.1 Å². The molecule has 1 aromatic heterocycles. The Kier molecular flexibility index (Phi) is 5.18. The SMILES string of the molecule is C[C@@H](Nc1nc(Cl)nc2c1CN(Cl)CC2)c1cc(N)cc(C(F)(F)F)c1. The molecule has 0 aliphatic carbocycles. The number of nitrogens with one attached hydrogen (secondary N) is 1. The van der Waals surface area contributed by atoms with Gasteiger partial charge in [-0.2, -0.15) is 13.2 Å². The second-order valence-corrected chi connectivity index (χ2v) is 6.93. The molecule has 26 heavy (non-hydrogen) atoms. The van der Waals surface area contributed by atoms with E-state index in [0.29, 0.717) is 30.9 Å². The number of nitrogens with two attached hydrogens (primary N) is 1. The van der Waals surface area contributed by atoms with Crippen molar-refractivity contribution in [1.29, 1.82) is 0 Å². The molecular formula is C16H16Cl2F3N5. The lowest BCUT2D eigenvalue weighted by Gasteiger charge is -2.26. The fourth-order valence-electron chi connectivity index (χ4n) is 2.85. The van der Waals surface area contributed by atoms with E-state index in [0.717, 1.165) is 23.4 Å². The summed E-state index contributed by atoms with van der Waals surface area (Å²) >= 11 is 12.1. The van der Waals surface area contributed by atoms with Gasteiger partial charge < -0.3 is 11.1 Å². The fraction of sp³-hybridized carbons (Fsp3) is 0.375. The molecule has 1 aliphatic rings. The fourth-order valence-corrected chi connectivity index (χ4v) is 3.24. The highest BCUT2D eigenvalue weighted by Gasteiger charge is 2.31. The van der Waals surface area contributed by atoms with Crippen molar-refractivity contribution >= 4 is 34.9 Å². The zero-order chi connectivity index (χ0) is 19.1. The molecule has 0 amide bonds. The van der Waals surface area contributed by atoms with E-state index in [9.17, 15) is 13.2 Å². The third kappa shape index (κ3) is 4.13. The second kappa shape index (κ2) is 7.09. The molecule has 0 fully saturated rings. The third-order valence-corrected chi connectivity index (χ3v) is 4.60. The summed E-state index contributed by atoms with van der Waals surface area (Å²) in [6.45, 7) is 2.76. The number of hydrogen-bond donors (Lipinski definition) is 2. The molecule has 1 aliphatic heterocycles. The van der Waals surface area contributed by atoms with Gasteiger partial charge in [0.2, 0.25) is 5.28 Å². The molecule has 3 N–H and O–H groups in total. The van der Waals surface area contributed by atoms with E-state index in [1.165, 1.54) is 6.07 Å². The summed E-state index contributed by atoms with van der Waals surface area (Å²) in [5, 5.41) is 3.18. The van der Waals surface area contributed by atoms with Crippen molar-refractivity contribution in [3.05, 3.63) is 45.9 Å². The summed E-state index contributed by atoms with van der Waals surface area (Å²) in [6, 6.07) is 2.98. The minimum absolute atomic E-state index is 0.0400. The van der Waals surface area contributed by atoms with E-state index < -0.39 is 17.8 Å². The molecule has 0 radical (unpaired) electrons. The van der Waals surface area contributed by atoms with Crippen LogP contribution < -0.4 is 11.1 Å². The number of alkyl halides is 3. The maximum atomic E-state index is 13.0. The van der Waals surface area contributed by atoms with E-state index in [-0.39, 0.29) is 11.0 Å². The molecule has 140 valence electrons. The smallest absolute Gasteiger partial charge is 0.399 e. The molecule has 3 rings (SSSR count). The Morgan fingerprint density at radius 2 is 2.00 bits per heavy atom. The molecule has 2 heterocycles. The molecule has 0 unspecified atom stereocenters. The number of hydrogen-bond acceptors (Lipinski definition) is 5. The van der Waals surface area contributed by atoms with Crippen molar-refractivity contribution in [2.24, 2.45) is 0 Å². The van der Waals surface area contributed by atoms with Crippen LogP contribution in [0, 0.1) is 0 Å². The standard InChI is InChI=1S/C16H16Cl2F3N5/c1-8(9-4-10(16(19,20)21)6-11(22)5-9)23-14-12-7-26(18)3-2-13(12)24-15(17)25-14/h4-6,8H,2-3,7,22H2,1H3,(H,23,24,25)/t8-/m1/s1. The Bertz CT molecular complexity index is 828. The number of benzene rings is 1. The van der Waals surface area contributed by atoms with Crippen molar-refractivity contribution in [2.45, 2.75) is 32.1 Å². The molecule has 0 saturated heterocycles. The summed E-state index contributed by atoms with van der Waals surface area (Å²) in [5.41, 5.74) is 6.83. The summed E-state index contributed by atoms with van der Waals surface area (Å²) < 4.78 is 40.7. The Morgan fingerprint density at radius 3 is 2.69 bits per heavy atom. The predicted molar refractivity (Wildman–Crippen MR) is 94.9 cm³/mol. The van der Waals surface area contributed by atoms with Gasteiger partial charge in [-0.3, -0.25) is 0 Å². The first-order valence-electron chi connectivity index (χ1n) is 7.83. The molecular weight excluding hydrogens is 390 g/mol. The number of nitrogen functional groups attached to an aromatic ring is 1. The number of anilines is 2. The van der Waals surface area contributed by atoms with Gasteiger partial charge in [-0.25, -0.2) is 14.4 Å². The zero-order valence-electron chi connectivity index (χ0n) is 13.7. The van der Waals surface area contributed by atoms with Gasteiger partial charge in [0.05, 0.1) is 17.3 Å². The molecule has 0 spiro atoms. The van der Waals surface area contributed by atoms with Crippen molar-refractivity contribution < 1.29 is 13.2 Å². The largest absolute Gasteiger partial charge is 0.416 e. The molecule has 0 bridgehead atoms. The van der Waals surface area contributed by atoms with Gasteiger partial charge in [0, 0.05) is 30.8 Å². The summed E-state index contributed by atoms with van der Waals surface area (Å²) in [4.78, 5) is 8.39. The van der Waals surface area contributed by atoms with E-state index in [1.54, 1.807) is 11.3 Å². The number of aromatic nitrogens is 2. The average molecular weight is 406 g/mol. The maximum Gasteiger partial charge on any atom is 0.416 e. The van der Waals surface area contributed by atoms with Crippen molar-refractivity contribution in [2.75, 3.05) is 17.6 Å². The lowest BCUT2D eigenvalue weighted by molar-refractivity contribution is -0.137. The lowest BCUT2D eigenvalue weighted by atomic mass is 10.0. The highest BCUT2D eigenvalue weighted by Crippen LogP contribution is 2.34. The van der Waals surface area contributed by atoms with E-state index in [4.69, 9.17) is 29.1 Å². The first kappa shape index (κ1) is 19.0. The minimum atomic E-state index is -4.47. The van der Waals surface area contributed by atoms with Crippen LogP contribution in [0.2, 0.25) is 5.28 Å².